The number of aliphatic hydroxyl groups is 2. The van der Waals surface area contributed by atoms with E-state index in [0.29, 0.717) is 18.8 Å². The van der Waals surface area contributed by atoms with Crippen LogP contribution in [-0.4, -0.2) is 39.6 Å². The fourth-order valence-electron chi connectivity index (χ4n) is 4.86. The molecular formula is C21H36O5. The van der Waals surface area contributed by atoms with Crippen LogP contribution in [-0.2, 0) is 14.3 Å². The van der Waals surface area contributed by atoms with E-state index in [1.54, 1.807) is 13.8 Å². The standard InChI is InChI=1S/C21H36O5/c1-8-16(22)21(7,24)18-15(5)17-14(4)11-20(6,26-17)10-12(2)9-13(3)19(23)25-18/h12-13,15-16,18,22,24H,8-11H2,1-7H3/t12-,13?,15-,16?,18+,20?,21?/m0/s1. The van der Waals surface area contributed by atoms with E-state index in [1.807, 2.05) is 20.8 Å². The van der Waals surface area contributed by atoms with Crippen LogP contribution < -0.4 is 0 Å². The van der Waals surface area contributed by atoms with Gasteiger partial charge in [-0.2, -0.15) is 0 Å². The minimum Gasteiger partial charge on any atom is -0.491 e. The molecule has 1 saturated heterocycles. The second-order valence-electron chi connectivity index (χ2n) is 9.12. The number of fused-ring (bicyclic) bond motifs is 2. The molecule has 0 aliphatic carbocycles. The quantitative estimate of drug-likeness (QED) is 0.745. The van der Waals surface area contributed by atoms with Gasteiger partial charge in [0, 0.05) is 6.42 Å². The Bertz CT molecular complexity index is 567. The van der Waals surface area contributed by atoms with Crippen LogP contribution in [0.4, 0.5) is 0 Å². The fraction of sp³-hybridized carbons (Fsp3) is 0.857. The number of carbonyl (C=O) groups excluding carboxylic acids is 1. The average Bonchev–Trinajstić information content (AvgIpc) is 2.83. The van der Waals surface area contributed by atoms with Crippen LogP contribution in [0, 0.1) is 17.8 Å². The number of aliphatic hydroxyl groups excluding tert-OH is 1. The Hall–Kier alpha value is -1.07. The summed E-state index contributed by atoms with van der Waals surface area (Å²) in [6, 6.07) is 0. The normalized spacial score (nSPS) is 39.5. The van der Waals surface area contributed by atoms with Crippen LogP contribution in [0.2, 0.25) is 0 Å². The number of cyclic esters (lactones) is 1. The SMILES string of the molecule is CCC(O)C(C)(O)[C@@H]1OC(=O)C(C)C[C@H](C)CC2(C)CC(C)=C(O2)[C@@H]1C. The van der Waals surface area contributed by atoms with Crippen molar-refractivity contribution >= 4 is 5.97 Å². The summed E-state index contributed by atoms with van der Waals surface area (Å²) in [7, 11) is 0. The maximum Gasteiger partial charge on any atom is 0.309 e. The molecule has 2 aliphatic heterocycles. The predicted molar refractivity (Wildman–Crippen MR) is 100 cm³/mol. The third kappa shape index (κ3) is 4.09. The number of esters is 1. The molecule has 2 rings (SSSR count). The second-order valence-corrected chi connectivity index (χ2v) is 9.12. The van der Waals surface area contributed by atoms with Crippen LogP contribution in [0.3, 0.4) is 0 Å². The van der Waals surface area contributed by atoms with E-state index < -0.39 is 17.8 Å². The maximum atomic E-state index is 12.7. The molecule has 1 fully saturated rings. The van der Waals surface area contributed by atoms with E-state index in [0.717, 1.165) is 24.2 Å². The molecule has 7 atom stereocenters. The topological polar surface area (TPSA) is 76.0 Å². The first kappa shape index (κ1) is 21.2. The van der Waals surface area contributed by atoms with Crippen LogP contribution >= 0.6 is 0 Å². The Morgan fingerprint density at radius 1 is 1.35 bits per heavy atom. The van der Waals surface area contributed by atoms with Gasteiger partial charge in [0.15, 0.2) is 0 Å². The molecule has 0 amide bonds. The molecule has 2 aliphatic rings. The van der Waals surface area contributed by atoms with Gasteiger partial charge in [-0.15, -0.1) is 0 Å². The van der Waals surface area contributed by atoms with Crippen LogP contribution in [0.5, 0.6) is 0 Å². The summed E-state index contributed by atoms with van der Waals surface area (Å²) in [4.78, 5) is 12.7. The minimum absolute atomic E-state index is 0.260. The van der Waals surface area contributed by atoms with Gasteiger partial charge in [0.05, 0.1) is 17.9 Å². The van der Waals surface area contributed by atoms with Gasteiger partial charge >= 0.3 is 5.97 Å². The highest BCUT2D eigenvalue weighted by atomic mass is 16.6. The summed E-state index contributed by atoms with van der Waals surface area (Å²) < 4.78 is 12.2. The van der Waals surface area contributed by atoms with Crippen molar-refractivity contribution in [2.45, 2.75) is 97.6 Å². The molecule has 5 nitrogen and oxygen atoms in total. The van der Waals surface area contributed by atoms with Crippen molar-refractivity contribution in [2.24, 2.45) is 17.8 Å². The fourth-order valence-corrected chi connectivity index (χ4v) is 4.86. The molecule has 4 unspecified atom stereocenters. The number of carbonyl (C=O) groups is 1. The summed E-state index contributed by atoms with van der Waals surface area (Å²) >= 11 is 0. The van der Waals surface area contributed by atoms with Gasteiger partial charge in [-0.1, -0.05) is 27.7 Å². The average molecular weight is 369 g/mol. The molecule has 0 aromatic carbocycles. The Morgan fingerprint density at radius 2 is 1.96 bits per heavy atom. The minimum atomic E-state index is -1.56. The van der Waals surface area contributed by atoms with Crippen LogP contribution in [0.1, 0.15) is 74.1 Å². The van der Waals surface area contributed by atoms with Crippen molar-refractivity contribution in [1.82, 2.24) is 0 Å². The molecule has 26 heavy (non-hydrogen) atoms. The van der Waals surface area contributed by atoms with Gasteiger partial charge in [-0.3, -0.25) is 4.79 Å². The van der Waals surface area contributed by atoms with Crippen LogP contribution in [0.15, 0.2) is 11.3 Å². The van der Waals surface area contributed by atoms with E-state index in [-0.39, 0.29) is 23.4 Å². The van der Waals surface area contributed by atoms with Crippen molar-refractivity contribution in [2.75, 3.05) is 0 Å². The summed E-state index contributed by atoms with van der Waals surface area (Å²) in [5.41, 5.74) is -0.720. The number of hydrogen-bond acceptors (Lipinski definition) is 5. The van der Waals surface area contributed by atoms with Crippen molar-refractivity contribution < 1.29 is 24.5 Å². The van der Waals surface area contributed by atoms with Crippen molar-refractivity contribution in [1.29, 1.82) is 0 Å². The molecule has 0 saturated carbocycles. The largest absolute Gasteiger partial charge is 0.491 e. The van der Waals surface area contributed by atoms with Crippen molar-refractivity contribution in [3.63, 3.8) is 0 Å². The first-order valence-electron chi connectivity index (χ1n) is 9.90. The molecular weight excluding hydrogens is 332 g/mol. The molecule has 0 aromatic heterocycles. The van der Waals surface area contributed by atoms with E-state index in [9.17, 15) is 15.0 Å². The Balaban J connectivity index is 2.46. The first-order chi connectivity index (χ1) is 11.9. The van der Waals surface area contributed by atoms with Gasteiger partial charge in [-0.05, 0) is 51.5 Å². The predicted octanol–water partition coefficient (Wildman–Crippen LogP) is 3.58. The third-order valence-corrected chi connectivity index (χ3v) is 6.10. The van der Waals surface area contributed by atoms with E-state index in [2.05, 4.69) is 13.8 Å². The molecule has 0 spiro atoms. The zero-order chi connectivity index (χ0) is 19.9. The van der Waals surface area contributed by atoms with Gasteiger partial charge in [0.2, 0.25) is 0 Å². The lowest BCUT2D eigenvalue weighted by Crippen LogP contribution is -2.54. The summed E-state index contributed by atoms with van der Waals surface area (Å²) in [5.74, 6) is 0.194. The number of hydrogen-bond donors (Lipinski definition) is 2. The lowest BCUT2D eigenvalue weighted by atomic mass is 9.81. The molecule has 2 bridgehead atoms. The highest BCUT2D eigenvalue weighted by Crippen LogP contribution is 2.45. The van der Waals surface area contributed by atoms with E-state index in [1.165, 1.54) is 0 Å². The van der Waals surface area contributed by atoms with Gasteiger partial charge in [0.25, 0.3) is 0 Å². The number of ether oxygens (including phenoxy) is 2. The summed E-state index contributed by atoms with van der Waals surface area (Å²) in [5, 5.41) is 21.4. The molecule has 0 radical (unpaired) electrons. The lowest BCUT2D eigenvalue weighted by Gasteiger charge is -2.40. The van der Waals surface area contributed by atoms with Crippen LogP contribution in [0.25, 0.3) is 0 Å². The zero-order valence-corrected chi connectivity index (χ0v) is 17.3. The highest BCUT2D eigenvalue weighted by molar-refractivity contribution is 5.72. The molecule has 2 heterocycles. The molecule has 5 heteroatoms. The second kappa shape index (κ2) is 7.51. The molecule has 150 valence electrons. The molecule has 0 aromatic rings. The first-order valence-corrected chi connectivity index (χ1v) is 9.90. The van der Waals surface area contributed by atoms with Crippen molar-refractivity contribution in [3.05, 3.63) is 11.3 Å². The molecule has 2 N–H and O–H groups in total. The Kier molecular flexibility index (Phi) is 6.13. The Labute approximate surface area is 157 Å². The summed E-state index contributed by atoms with van der Waals surface area (Å²) in [6.07, 6.45) is 0.938. The highest BCUT2D eigenvalue weighted by Gasteiger charge is 2.49. The van der Waals surface area contributed by atoms with E-state index in [4.69, 9.17) is 9.47 Å². The smallest absolute Gasteiger partial charge is 0.309 e. The Morgan fingerprint density at radius 3 is 2.54 bits per heavy atom. The number of rotatable bonds is 3. The third-order valence-electron chi connectivity index (χ3n) is 6.10. The van der Waals surface area contributed by atoms with Gasteiger partial charge in [0.1, 0.15) is 23.1 Å². The van der Waals surface area contributed by atoms with Crippen molar-refractivity contribution in [3.8, 4) is 0 Å². The zero-order valence-electron chi connectivity index (χ0n) is 17.3. The monoisotopic (exact) mass is 368 g/mol. The lowest BCUT2D eigenvalue weighted by molar-refractivity contribution is -0.191. The maximum absolute atomic E-state index is 12.7. The summed E-state index contributed by atoms with van der Waals surface area (Å²) in [6.45, 7) is 13.4. The van der Waals surface area contributed by atoms with E-state index >= 15 is 0 Å². The van der Waals surface area contributed by atoms with Gasteiger partial charge in [-0.25, -0.2) is 0 Å². The van der Waals surface area contributed by atoms with Gasteiger partial charge < -0.3 is 19.7 Å².